The zero-order chi connectivity index (χ0) is 15.6. The van der Waals surface area contributed by atoms with Gasteiger partial charge < -0.3 is 4.52 Å². The molecule has 4 aromatic rings. The van der Waals surface area contributed by atoms with Crippen molar-refractivity contribution in [2.24, 2.45) is 0 Å². The third-order valence-corrected chi connectivity index (χ3v) is 3.43. The summed E-state index contributed by atoms with van der Waals surface area (Å²) in [4.78, 5) is 24.9. The van der Waals surface area contributed by atoms with Crippen LogP contribution >= 0.6 is 0 Å². The van der Waals surface area contributed by atoms with E-state index in [1.54, 1.807) is 18.5 Å². The van der Waals surface area contributed by atoms with Gasteiger partial charge in [0.05, 0.1) is 23.4 Å². The van der Waals surface area contributed by atoms with Gasteiger partial charge in [0, 0.05) is 11.8 Å². The lowest BCUT2D eigenvalue weighted by molar-refractivity contribution is 0.369. The van der Waals surface area contributed by atoms with Crippen molar-refractivity contribution in [1.29, 1.82) is 0 Å². The van der Waals surface area contributed by atoms with E-state index < -0.39 is 0 Å². The number of aromatic nitrogens is 5. The number of nitrogens with zero attached hydrogens (tertiary/aromatic N) is 5. The number of fused-ring (bicyclic) bond motifs is 1. The van der Waals surface area contributed by atoms with Crippen LogP contribution < -0.4 is 5.56 Å². The highest BCUT2D eigenvalue weighted by Crippen LogP contribution is 2.15. The summed E-state index contributed by atoms with van der Waals surface area (Å²) in [5, 5.41) is 4.45. The van der Waals surface area contributed by atoms with Crippen LogP contribution in [0.4, 0.5) is 0 Å². The number of rotatable bonds is 3. The van der Waals surface area contributed by atoms with Crippen LogP contribution in [0.3, 0.4) is 0 Å². The molecule has 0 bridgehead atoms. The van der Waals surface area contributed by atoms with E-state index in [0.29, 0.717) is 22.6 Å². The second-order valence-electron chi connectivity index (χ2n) is 4.95. The lowest BCUT2D eigenvalue weighted by atomic mass is 10.2. The molecule has 0 fully saturated rings. The fraction of sp³-hybridized carbons (Fsp3) is 0.0625. The van der Waals surface area contributed by atoms with Crippen molar-refractivity contribution in [3.8, 4) is 11.4 Å². The highest BCUT2D eigenvalue weighted by molar-refractivity contribution is 5.75. The van der Waals surface area contributed by atoms with Crippen LogP contribution in [-0.2, 0) is 6.54 Å². The van der Waals surface area contributed by atoms with Crippen molar-refractivity contribution in [3.05, 3.63) is 71.4 Å². The summed E-state index contributed by atoms with van der Waals surface area (Å²) in [6.45, 7) is 0.171. The van der Waals surface area contributed by atoms with E-state index in [-0.39, 0.29) is 12.1 Å². The fourth-order valence-corrected chi connectivity index (χ4v) is 2.29. The summed E-state index contributed by atoms with van der Waals surface area (Å²) >= 11 is 0. The lowest BCUT2D eigenvalue weighted by Crippen LogP contribution is -2.21. The van der Waals surface area contributed by atoms with E-state index in [9.17, 15) is 4.79 Å². The van der Waals surface area contributed by atoms with Crippen LogP contribution in [0.1, 0.15) is 5.89 Å². The standard InChI is InChI=1S/C16H11N5O2/c22-16-12-6-7-17-8-13(12)18-10-21(16)9-14-19-15(20-23-14)11-4-2-1-3-5-11/h1-8,10H,9H2. The lowest BCUT2D eigenvalue weighted by Gasteiger charge is -2.02. The molecule has 0 aliphatic carbocycles. The largest absolute Gasteiger partial charge is 0.337 e. The topological polar surface area (TPSA) is 86.7 Å². The molecule has 4 rings (SSSR count). The molecule has 1 aromatic carbocycles. The normalized spacial score (nSPS) is 11.0. The Labute approximate surface area is 130 Å². The Kier molecular flexibility index (Phi) is 3.16. The Morgan fingerprint density at radius 1 is 1.13 bits per heavy atom. The van der Waals surface area contributed by atoms with Crippen molar-refractivity contribution in [2.45, 2.75) is 6.54 Å². The highest BCUT2D eigenvalue weighted by Gasteiger charge is 2.11. The van der Waals surface area contributed by atoms with Crippen molar-refractivity contribution >= 4 is 10.9 Å². The molecule has 112 valence electrons. The summed E-state index contributed by atoms with van der Waals surface area (Å²) < 4.78 is 6.66. The van der Waals surface area contributed by atoms with Crippen LogP contribution in [0.25, 0.3) is 22.3 Å². The molecular formula is C16H11N5O2. The molecule has 0 N–H and O–H groups in total. The molecule has 0 aliphatic rings. The van der Waals surface area contributed by atoms with Gasteiger partial charge in [0.15, 0.2) is 0 Å². The number of pyridine rings is 1. The Bertz CT molecular complexity index is 1020. The molecule has 0 saturated heterocycles. The molecule has 0 aliphatic heterocycles. The van der Waals surface area contributed by atoms with Crippen LogP contribution in [0.2, 0.25) is 0 Å². The van der Waals surface area contributed by atoms with Crippen LogP contribution in [0, 0.1) is 0 Å². The molecule has 3 aromatic heterocycles. The van der Waals surface area contributed by atoms with Crippen molar-refractivity contribution < 1.29 is 4.52 Å². The molecule has 3 heterocycles. The minimum atomic E-state index is -0.170. The average Bonchev–Trinajstić information content (AvgIpc) is 3.07. The Morgan fingerprint density at radius 3 is 2.87 bits per heavy atom. The van der Waals surface area contributed by atoms with Crippen molar-refractivity contribution in [3.63, 3.8) is 0 Å². The van der Waals surface area contributed by atoms with E-state index in [1.807, 2.05) is 30.3 Å². The molecule has 0 saturated carbocycles. The molecule has 23 heavy (non-hydrogen) atoms. The van der Waals surface area contributed by atoms with E-state index in [1.165, 1.54) is 10.9 Å². The third-order valence-electron chi connectivity index (χ3n) is 3.43. The molecule has 7 heteroatoms. The van der Waals surface area contributed by atoms with Gasteiger partial charge >= 0.3 is 0 Å². The quantitative estimate of drug-likeness (QED) is 0.574. The number of hydrogen-bond donors (Lipinski definition) is 0. The van der Waals surface area contributed by atoms with E-state index in [4.69, 9.17) is 4.52 Å². The van der Waals surface area contributed by atoms with Gasteiger partial charge in [0.1, 0.15) is 6.54 Å². The smallest absolute Gasteiger partial charge is 0.261 e. The van der Waals surface area contributed by atoms with Gasteiger partial charge in [-0.25, -0.2) is 4.98 Å². The molecular weight excluding hydrogens is 294 g/mol. The summed E-state index contributed by atoms with van der Waals surface area (Å²) in [5.74, 6) is 0.841. The van der Waals surface area contributed by atoms with Gasteiger partial charge in [-0.1, -0.05) is 35.5 Å². The monoisotopic (exact) mass is 305 g/mol. The average molecular weight is 305 g/mol. The third kappa shape index (κ3) is 2.48. The molecule has 7 nitrogen and oxygen atoms in total. The number of hydrogen-bond acceptors (Lipinski definition) is 6. The predicted octanol–water partition coefficient (Wildman–Crippen LogP) is 1.89. The summed E-state index contributed by atoms with van der Waals surface area (Å²) in [7, 11) is 0. The minimum absolute atomic E-state index is 0.170. The maximum Gasteiger partial charge on any atom is 0.261 e. The van der Waals surface area contributed by atoms with E-state index in [2.05, 4.69) is 20.1 Å². The summed E-state index contributed by atoms with van der Waals surface area (Å²) in [6.07, 6.45) is 4.58. The zero-order valence-electron chi connectivity index (χ0n) is 12.0. The molecule has 0 amide bonds. The first-order chi connectivity index (χ1) is 11.3. The van der Waals surface area contributed by atoms with Crippen molar-refractivity contribution in [2.75, 3.05) is 0 Å². The predicted molar refractivity (Wildman–Crippen MR) is 82.6 cm³/mol. The fourth-order valence-electron chi connectivity index (χ4n) is 2.29. The first kappa shape index (κ1) is 13.3. The van der Waals surface area contributed by atoms with Crippen LogP contribution in [-0.4, -0.2) is 24.7 Å². The van der Waals surface area contributed by atoms with Crippen molar-refractivity contribution in [1.82, 2.24) is 24.7 Å². The minimum Gasteiger partial charge on any atom is -0.337 e. The molecule has 0 unspecified atom stereocenters. The highest BCUT2D eigenvalue weighted by atomic mass is 16.5. The second-order valence-corrected chi connectivity index (χ2v) is 4.95. The maximum absolute atomic E-state index is 12.4. The van der Waals surface area contributed by atoms with E-state index in [0.717, 1.165) is 5.56 Å². The van der Waals surface area contributed by atoms with Gasteiger partial charge in [-0.15, -0.1) is 0 Å². The first-order valence-corrected chi connectivity index (χ1v) is 6.98. The second kappa shape index (κ2) is 5.45. The van der Waals surface area contributed by atoms with Gasteiger partial charge in [-0.05, 0) is 6.07 Å². The Morgan fingerprint density at radius 2 is 2.00 bits per heavy atom. The summed E-state index contributed by atoms with van der Waals surface area (Å²) in [6, 6.07) is 11.1. The Hall–Kier alpha value is -3.35. The van der Waals surface area contributed by atoms with Gasteiger partial charge in [0.2, 0.25) is 11.7 Å². The first-order valence-electron chi connectivity index (χ1n) is 6.98. The molecule has 0 radical (unpaired) electrons. The Balaban J connectivity index is 1.68. The zero-order valence-corrected chi connectivity index (χ0v) is 12.0. The van der Waals surface area contributed by atoms with Crippen LogP contribution in [0.15, 0.2) is 64.4 Å². The van der Waals surface area contributed by atoms with Gasteiger partial charge in [0.25, 0.3) is 5.56 Å². The number of benzene rings is 1. The van der Waals surface area contributed by atoms with Crippen LogP contribution in [0.5, 0.6) is 0 Å². The summed E-state index contributed by atoms with van der Waals surface area (Å²) in [5.41, 5.74) is 1.25. The van der Waals surface area contributed by atoms with E-state index >= 15 is 0 Å². The molecule has 0 atom stereocenters. The SMILES string of the molecule is O=c1c2ccncc2ncn1Cc1nc(-c2ccccc2)no1. The van der Waals surface area contributed by atoms with Gasteiger partial charge in [-0.2, -0.15) is 4.98 Å². The molecule has 0 spiro atoms. The maximum atomic E-state index is 12.4. The van der Waals surface area contributed by atoms with Gasteiger partial charge in [-0.3, -0.25) is 14.3 Å².